The number of piperidine rings is 1. The van der Waals surface area contributed by atoms with Crippen LogP contribution in [0.5, 0.6) is 0 Å². The summed E-state index contributed by atoms with van der Waals surface area (Å²) >= 11 is 6.71. The number of anilines is 1. The minimum atomic E-state index is -0.904. The highest BCUT2D eigenvalue weighted by atomic mass is 35.5. The molecule has 2 aromatic heterocycles. The molecule has 1 atom stereocenters. The molecule has 0 spiro atoms. The molecule has 1 fully saturated rings. The first kappa shape index (κ1) is 27.0. The van der Waals surface area contributed by atoms with Gasteiger partial charge < -0.3 is 20.5 Å². The molecule has 39 heavy (non-hydrogen) atoms. The molecule has 1 aliphatic rings. The average molecular weight is 554 g/mol. The molecule has 0 radical (unpaired) electrons. The number of carbonyl (C=O) groups is 1. The number of benzene rings is 2. The van der Waals surface area contributed by atoms with Crippen LogP contribution in [0, 0.1) is 17.6 Å². The fraction of sp³-hybridized carbons (Fsp3) is 0.357. The van der Waals surface area contributed by atoms with Gasteiger partial charge in [0.25, 0.3) is 5.91 Å². The van der Waals surface area contributed by atoms with E-state index in [1.807, 2.05) is 24.5 Å². The summed E-state index contributed by atoms with van der Waals surface area (Å²) in [7, 11) is 0. The second-order valence-corrected chi connectivity index (χ2v) is 10.5. The number of hydrogen-bond donors (Lipinski definition) is 3. The molecule has 0 saturated carbocycles. The van der Waals surface area contributed by atoms with E-state index in [1.165, 1.54) is 6.07 Å². The van der Waals surface area contributed by atoms with E-state index < -0.39 is 11.6 Å². The van der Waals surface area contributed by atoms with E-state index in [1.54, 1.807) is 18.3 Å². The van der Waals surface area contributed by atoms with Gasteiger partial charge in [0.15, 0.2) is 17.3 Å². The summed E-state index contributed by atoms with van der Waals surface area (Å²) < 4.78 is 29.0. The maximum Gasteiger partial charge on any atom is 0.251 e. The third-order valence-corrected chi connectivity index (χ3v) is 6.97. The average Bonchev–Trinajstić information content (AvgIpc) is 3.26. The Kier molecular flexibility index (Phi) is 8.04. The van der Waals surface area contributed by atoms with Gasteiger partial charge in [0.1, 0.15) is 11.3 Å². The number of halogens is 3. The van der Waals surface area contributed by atoms with E-state index in [9.17, 15) is 13.6 Å². The Morgan fingerprint density at radius 3 is 2.74 bits per heavy atom. The fourth-order valence-corrected chi connectivity index (χ4v) is 5.00. The summed E-state index contributed by atoms with van der Waals surface area (Å²) in [5, 5.41) is 9.83. The van der Waals surface area contributed by atoms with Crippen molar-refractivity contribution in [2.24, 2.45) is 5.92 Å². The van der Waals surface area contributed by atoms with Crippen molar-refractivity contribution in [1.82, 2.24) is 30.2 Å². The van der Waals surface area contributed by atoms with Crippen LogP contribution in [0.1, 0.15) is 42.6 Å². The summed E-state index contributed by atoms with van der Waals surface area (Å²) in [5.74, 6) is -0.630. The van der Waals surface area contributed by atoms with Crippen LogP contribution in [0.25, 0.3) is 22.6 Å². The van der Waals surface area contributed by atoms with Gasteiger partial charge in [0.2, 0.25) is 5.95 Å². The lowest BCUT2D eigenvalue weighted by atomic mass is 9.99. The predicted molar refractivity (Wildman–Crippen MR) is 148 cm³/mol. The van der Waals surface area contributed by atoms with Gasteiger partial charge in [0, 0.05) is 30.3 Å². The zero-order chi connectivity index (χ0) is 27.5. The summed E-state index contributed by atoms with van der Waals surface area (Å²) in [6, 6.07) is 8.96. The van der Waals surface area contributed by atoms with Crippen molar-refractivity contribution >= 4 is 34.6 Å². The van der Waals surface area contributed by atoms with Crippen LogP contribution < -0.4 is 16.0 Å². The molecule has 1 aliphatic heterocycles. The SMILES string of the molecule is CC(C)NC(=O)c1ccc(-c2nc3cnc(NCc4ccc(F)c(F)c4)nc3n2C[C@@H]2CCCNC2)c(Cl)c1. The first-order valence-corrected chi connectivity index (χ1v) is 13.4. The highest BCUT2D eigenvalue weighted by Gasteiger charge is 2.22. The van der Waals surface area contributed by atoms with Crippen LogP contribution in [-0.2, 0) is 13.1 Å². The Hall–Kier alpha value is -3.63. The van der Waals surface area contributed by atoms with Gasteiger partial charge in [-0.1, -0.05) is 17.7 Å². The largest absolute Gasteiger partial charge is 0.350 e. The summed E-state index contributed by atoms with van der Waals surface area (Å²) in [6.07, 6.45) is 3.79. The zero-order valence-electron chi connectivity index (χ0n) is 21.8. The van der Waals surface area contributed by atoms with Gasteiger partial charge in [0.05, 0.1) is 11.2 Å². The fourth-order valence-electron chi connectivity index (χ4n) is 4.73. The number of nitrogens with zero attached hydrogens (tertiary/aromatic N) is 4. The number of aromatic nitrogens is 4. The van der Waals surface area contributed by atoms with Crippen molar-refractivity contribution in [1.29, 1.82) is 0 Å². The van der Waals surface area contributed by atoms with Crippen LogP contribution in [0.3, 0.4) is 0 Å². The van der Waals surface area contributed by atoms with Gasteiger partial charge in [-0.15, -0.1) is 0 Å². The van der Waals surface area contributed by atoms with Gasteiger partial charge in [-0.05, 0) is 81.6 Å². The minimum Gasteiger partial charge on any atom is -0.350 e. The summed E-state index contributed by atoms with van der Waals surface area (Å²) in [5.41, 5.74) is 2.96. The number of rotatable bonds is 8. The van der Waals surface area contributed by atoms with Crippen molar-refractivity contribution in [2.75, 3.05) is 18.4 Å². The molecular weight excluding hydrogens is 524 g/mol. The van der Waals surface area contributed by atoms with Crippen LogP contribution >= 0.6 is 11.6 Å². The van der Waals surface area contributed by atoms with Crippen molar-refractivity contribution in [3.05, 3.63) is 70.4 Å². The maximum atomic E-state index is 13.6. The maximum absolute atomic E-state index is 13.6. The van der Waals surface area contributed by atoms with Crippen LogP contribution in [-0.4, -0.2) is 44.6 Å². The number of fused-ring (bicyclic) bond motifs is 1. The predicted octanol–water partition coefficient (Wildman–Crippen LogP) is 5.17. The molecule has 0 aliphatic carbocycles. The van der Waals surface area contributed by atoms with Gasteiger partial charge in [-0.2, -0.15) is 4.98 Å². The molecule has 1 saturated heterocycles. The van der Waals surface area contributed by atoms with Crippen molar-refractivity contribution in [3.63, 3.8) is 0 Å². The van der Waals surface area contributed by atoms with Crippen molar-refractivity contribution in [2.45, 2.75) is 45.8 Å². The Bertz CT molecular complexity index is 1500. The Labute approximate surface area is 230 Å². The third kappa shape index (κ3) is 6.17. The second kappa shape index (κ2) is 11.6. The van der Waals surface area contributed by atoms with Gasteiger partial charge >= 0.3 is 0 Å². The van der Waals surface area contributed by atoms with E-state index in [0.29, 0.717) is 57.1 Å². The number of imidazole rings is 1. The van der Waals surface area contributed by atoms with E-state index in [0.717, 1.165) is 38.1 Å². The van der Waals surface area contributed by atoms with Crippen molar-refractivity contribution < 1.29 is 13.6 Å². The molecule has 11 heteroatoms. The molecule has 1 amide bonds. The van der Waals surface area contributed by atoms with Crippen LogP contribution in [0.4, 0.5) is 14.7 Å². The minimum absolute atomic E-state index is 0.00714. The molecule has 0 bridgehead atoms. The third-order valence-electron chi connectivity index (χ3n) is 6.65. The van der Waals surface area contributed by atoms with E-state index in [-0.39, 0.29) is 18.5 Å². The Morgan fingerprint density at radius 1 is 1.18 bits per heavy atom. The first-order valence-electron chi connectivity index (χ1n) is 13.0. The summed E-state index contributed by atoms with van der Waals surface area (Å²) in [4.78, 5) is 26.4. The first-order chi connectivity index (χ1) is 18.8. The highest BCUT2D eigenvalue weighted by Crippen LogP contribution is 2.32. The lowest BCUT2D eigenvalue weighted by Crippen LogP contribution is -2.32. The molecule has 2 aromatic carbocycles. The number of hydrogen-bond acceptors (Lipinski definition) is 6. The Balaban J connectivity index is 1.49. The normalized spacial score (nSPS) is 15.6. The molecule has 3 heterocycles. The molecule has 3 N–H and O–H groups in total. The van der Waals surface area contributed by atoms with Crippen LogP contribution in [0.15, 0.2) is 42.6 Å². The van der Waals surface area contributed by atoms with E-state index >= 15 is 0 Å². The molecule has 8 nitrogen and oxygen atoms in total. The van der Waals surface area contributed by atoms with Crippen LogP contribution in [0.2, 0.25) is 5.02 Å². The highest BCUT2D eigenvalue weighted by molar-refractivity contribution is 6.33. The topological polar surface area (TPSA) is 96.8 Å². The number of carbonyl (C=O) groups excluding carboxylic acids is 1. The zero-order valence-corrected chi connectivity index (χ0v) is 22.5. The van der Waals surface area contributed by atoms with E-state index in [2.05, 4.69) is 20.9 Å². The molecule has 204 valence electrons. The standard InChI is InChI=1S/C28H30ClF2N7O/c1-16(2)35-27(39)19-6-7-20(21(29)11-19)25-36-24-14-34-28(33-13-17-5-8-22(30)23(31)10-17)37-26(24)38(25)15-18-4-3-9-32-12-18/h5-8,10-11,14,16,18,32H,3-4,9,12-13,15H2,1-2H3,(H,35,39)(H,33,34,37)/t18-/m1/s1. The van der Waals surface area contributed by atoms with Gasteiger partial charge in [-0.25, -0.2) is 18.7 Å². The second-order valence-electron chi connectivity index (χ2n) is 10.1. The molecule has 5 rings (SSSR count). The van der Waals surface area contributed by atoms with Gasteiger partial charge in [-0.3, -0.25) is 4.79 Å². The quantitative estimate of drug-likeness (QED) is 0.278. The summed E-state index contributed by atoms with van der Waals surface area (Å²) in [6.45, 7) is 6.58. The Morgan fingerprint density at radius 2 is 2.03 bits per heavy atom. The number of amides is 1. The molecule has 0 unspecified atom stereocenters. The van der Waals surface area contributed by atoms with Crippen molar-refractivity contribution in [3.8, 4) is 11.4 Å². The molecular formula is C28H30ClF2N7O. The van der Waals surface area contributed by atoms with E-state index in [4.69, 9.17) is 21.6 Å². The molecule has 4 aromatic rings. The number of nitrogens with one attached hydrogen (secondary N) is 3. The lowest BCUT2D eigenvalue weighted by Gasteiger charge is -2.24. The monoisotopic (exact) mass is 553 g/mol. The smallest absolute Gasteiger partial charge is 0.251 e. The lowest BCUT2D eigenvalue weighted by molar-refractivity contribution is 0.0943.